The van der Waals surface area contributed by atoms with Gasteiger partial charge < -0.3 is 15.4 Å². The van der Waals surface area contributed by atoms with E-state index in [2.05, 4.69) is 10.6 Å². The molecule has 2 rings (SSSR count). The highest BCUT2D eigenvalue weighted by Gasteiger charge is 2.16. The maximum Gasteiger partial charge on any atom is 0.338 e. The third-order valence-electron chi connectivity index (χ3n) is 3.82. The van der Waals surface area contributed by atoms with Gasteiger partial charge in [-0.2, -0.15) is 0 Å². The highest BCUT2D eigenvalue weighted by atomic mass is 16.5. The lowest BCUT2D eigenvalue weighted by Crippen LogP contribution is -2.40. The first-order valence-electron chi connectivity index (χ1n) is 9.06. The minimum atomic E-state index is -0.617. The zero-order valence-corrected chi connectivity index (χ0v) is 16.7. The maximum absolute atomic E-state index is 12.1. The molecule has 0 bridgehead atoms. The lowest BCUT2D eigenvalue weighted by molar-refractivity contribution is -0.124. The van der Waals surface area contributed by atoms with Crippen LogP contribution < -0.4 is 10.6 Å². The van der Waals surface area contributed by atoms with E-state index in [1.165, 1.54) is 12.1 Å². The number of ether oxygens (including phenoxy) is 1. The van der Waals surface area contributed by atoms with Gasteiger partial charge in [-0.3, -0.25) is 9.59 Å². The SMILES string of the molecule is Cc1ccc(CNC(=O)COC(=O)c2ccc(C(=O)NC(C)(C)C)cc2)cc1. The van der Waals surface area contributed by atoms with E-state index < -0.39 is 5.97 Å². The number of esters is 1. The van der Waals surface area contributed by atoms with Crippen molar-refractivity contribution in [1.82, 2.24) is 10.6 Å². The molecule has 0 spiro atoms. The zero-order chi connectivity index (χ0) is 20.7. The van der Waals surface area contributed by atoms with E-state index >= 15 is 0 Å². The Bertz CT molecular complexity index is 834. The summed E-state index contributed by atoms with van der Waals surface area (Å²) in [4.78, 5) is 36.0. The molecule has 6 nitrogen and oxygen atoms in total. The molecule has 2 N–H and O–H groups in total. The van der Waals surface area contributed by atoms with Crippen molar-refractivity contribution in [3.05, 3.63) is 70.8 Å². The van der Waals surface area contributed by atoms with Gasteiger partial charge in [-0.25, -0.2) is 4.79 Å². The highest BCUT2D eigenvalue weighted by Crippen LogP contribution is 2.08. The van der Waals surface area contributed by atoms with Crippen LogP contribution in [-0.4, -0.2) is 29.9 Å². The number of benzene rings is 2. The Morgan fingerprint density at radius 1 is 0.893 bits per heavy atom. The monoisotopic (exact) mass is 382 g/mol. The molecular weight excluding hydrogens is 356 g/mol. The lowest BCUT2D eigenvalue weighted by atomic mass is 10.1. The molecule has 28 heavy (non-hydrogen) atoms. The van der Waals surface area contributed by atoms with E-state index in [9.17, 15) is 14.4 Å². The lowest BCUT2D eigenvalue weighted by Gasteiger charge is -2.20. The average Bonchev–Trinajstić information content (AvgIpc) is 2.64. The number of carbonyl (C=O) groups is 3. The van der Waals surface area contributed by atoms with E-state index in [0.29, 0.717) is 12.1 Å². The van der Waals surface area contributed by atoms with Crippen LogP contribution in [0.1, 0.15) is 52.6 Å². The van der Waals surface area contributed by atoms with Gasteiger partial charge >= 0.3 is 5.97 Å². The number of hydrogen-bond donors (Lipinski definition) is 2. The first-order chi connectivity index (χ1) is 13.1. The molecular formula is C22H26N2O4. The number of carbonyl (C=O) groups excluding carboxylic acids is 3. The average molecular weight is 382 g/mol. The summed E-state index contributed by atoms with van der Waals surface area (Å²) in [7, 11) is 0. The van der Waals surface area contributed by atoms with E-state index in [4.69, 9.17) is 4.74 Å². The number of nitrogens with one attached hydrogen (secondary N) is 2. The second-order valence-corrected chi connectivity index (χ2v) is 7.62. The standard InChI is InChI=1S/C22H26N2O4/c1-15-5-7-16(8-6-15)13-23-19(25)14-28-21(27)18-11-9-17(10-12-18)20(26)24-22(2,3)4/h5-12H,13-14H2,1-4H3,(H,23,25)(H,24,26). The van der Waals surface area contributed by atoms with Crippen LogP contribution in [0, 0.1) is 6.92 Å². The number of hydrogen-bond acceptors (Lipinski definition) is 4. The summed E-state index contributed by atoms with van der Waals surface area (Å²) in [5.74, 6) is -1.22. The van der Waals surface area contributed by atoms with Crippen LogP contribution in [0.5, 0.6) is 0 Å². The molecule has 0 heterocycles. The molecule has 0 saturated heterocycles. The van der Waals surface area contributed by atoms with Crippen molar-refractivity contribution in [2.45, 2.75) is 39.8 Å². The second kappa shape index (κ2) is 9.17. The molecule has 148 valence electrons. The fraction of sp³-hybridized carbons (Fsp3) is 0.318. The Morgan fingerprint density at radius 3 is 2.04 bits per heavy atom. The second-order valence-electron chi connectivity index (χ2n) is 7.62. The molecule has 0 aromatic heterocycles. The molecule has 0 saturated carbocycles. The molecule has 0 aliphatic carbocycles. The van der Waals surface area contributed by atoms with Crippen LogP contribution in [0.3, 0.4) is 0 Å². The fourth-order valence-electron chi connectivity index (χ4n) is 2.34. The Hall–Kier alpha value is -3.15. The summed E-state index contributed by atoms with van der Waals surface area (Å²) in [6.45, 7) is 7.66. The van der Waals surface area contributed by atoms with E-state index in [0.717, 1.165) is 11.1 Å². The summed E-state index contributed by atoms with van der Waals surface area (Å²) in [6, 6.07) is 13.9. The topological polar surface area (TPSA) is 84.5 Å². The van der Waals surface area contributed by atoms with Gasteiger partial charge in [-0.1, -0.05) is 29.8 Å². The van der Waals surface area contributed by atoms with Crippen molar-refractivity contribution in [3.63, 3.8) is 0 Å². The molecule has 0 aliphatic heterocycles. The van der Waals surface area contributed by atoms with Crippen molar-refractivity contribution in [1.29, 1.82) is 0 Å². The first-order valence-corrected chi connectivity index (χ1v) is 9.06. The number of aryl methyl sites for hydroxylation is 1. The Balaban J connectivity index is 1.81. The Kier molecular flexibility index (Phi) is 6.93. The van der Waals surface area contributed by atoms with Gasteiger partial charge in [0.2, 0.25) is 0 Å². The van der Waals surface area contributed by atoms with E-state index in [1.807, 2.05) is 52.0 Å². The van der Waals surface area contributed by atoms with Crippen LogP contribution in [0.25, 0.3) is 0 Å². The van der Waals surface area contributed by atoms with Gasteiger partial charge in [0.15, 0.2) is 6.61 Å². The molecule has 6 heteroatoms. The van der Waals surface area contributed by atoms with Crippen molar-refractivity contribution in [2.75, 3.05) is 6.61 Å². The Labute approximate surface area is 165 Å². The number of amides is 2. The quantitative estimate of drug-likeness (QED) is 0.752. The van der Waals surface area contributed by atoms with Gasteiger partial charge in [0.05, 0.1) is 5.56 Å². The van der Waals surface area contributed by atoms with Crippen molar-refractivity contribution in [3.8, 4) is 0 Å². The zero-order valence-electron chi connectivity index (χ0n) is 16.7. The van der Waals surface area contributed by atoms with Crippen molar-refractivity contribution in [2.24, 2.45) is 0 Å². The predicted molar refractivity (Wildman–Crippen MR) is 107 cm³/mol. The highest BCUT2D eigenvalue weighted by molar-refractivity contribution is 5.96. The molecule has 2 aromatic carbocycles. The Morgan fingerprint density at radius 2 is 1.46 bits per heavy atom. The largest absolute Gasteiger partial charge is 0.452 e. The van der Waals surface area contributed by atoms with Gasteiger partial charge in [-0.05, 0) is 57.5 Å². The molecule has 2 aromatic rings. The third kappa shape index (κ3) is 6.87. The molecule has 0 unspecified atom stereocenters. The maximum atomic E-state index is 12.1. The minimum Gasteiger partial charge on any atom is -0.452 e. The van der Waals surface area contributed by atoms with Gasteiger partial charge in [0.25, 0.3) is 11.8 Å². The first kappa shape index (κ1) is 21.2. The van der Waals surface area contributed by atoms with Crippen LogP contribution >= 0.6 is 0 Å². The van der Waals surface area contributed by atoms with Crippen molar-refractivity contribution < 1.29 is 19.1 Å². The fourth-order valence-corrected chi connectivity index (χ4v) is 2.34. The summed E-state index contributed by atoms with van der Waals surface area (Å²) < 4.78 is 5.03. The number of rotatable bonds is 6. The van der Waals surface area contributed by atoms with E-state index in [-0.39, 0.29) is 29.5 Å². The molecule has 2 amide bonds. The molecule has 0 aliphatic rings. The summed E-state index contributed by atoms with van der Waals surface area (Å²) in [5, 5.41) is 5.55. The molecule has 0 radical (unpaired) electrons. The summed E-state index contributed by atoms with van der Waals surface area (Å²) >= 11 is 0. The van der Waals surface area contributed by atoms with Gasteiger partial charge in [0.1, 0.15) is 0 Å². The van der Waals surface area contributed by atoms with Crippen LogP contribution in [0.2, 0.25) is 0 Å². The van der Waals surface area contributed by atoms with Crippen LogP contribution in [-0.2, 0) is 16.1 Å². The van der Waals surface area contributed by atoms with Crippen LogP contribution in [0.4, 0.5) is 0 Å². The van der Waals surface area contributed by atoms with Crippen molar-refractivity contribution >= 4 is 17.8 Å². The minimum absolute atomic E-state index is 0.220. The summed E-state index contributed by atoms with van der Waals surface area (Å²) in [5.41, 5.74) is 2.49. The third-order valence-corrected chi connectivity index (χ3v) is 3.82. The normalized spacial score (nSPS) is 10.9. The predicted octanol–water partition coefficient (Wildman–Crippen LogP) is 3.00. The smallest absolute Gasteiger partial charge is 0.338 e. The summed E-state index contributed by atoms with van der Waals surface area (Å²) in [6.07, 6.45) is 0. The van der Waals surface area contributed by atoms with Crippen LogP contribution in [0.15, 0.2) is 48.5 Å². The molecule has 0 fully saturated rings. The van der Waals surface area contributed by atoms with E-state index in [1.54, 1.807) is 12.1 Å². The van der Waals surface area contributed by atoms with Gasteiger partial charge in [-0.15, -0.1) is 0 Å². The molecule has 0 atom stereocenters. The van der Waals surface area contributed by atoms with Gasteiger partial charge in [0, 0.05) is 17.6 Å².